The van der Waals surface area contributed by atoms with Crippen molar-refractivity contribution < 1.29 is 19.1 Å². The Morgan fingerprint density at radius 1 is 1.13 bits per heavy atom. The Kier molecular flexibility index (Phi) is 8.58. The molecule has 0 aromatic heterocycles. The molecule has 0 spiro atoms. The molecule has 8 nitrogen and oxygen atoms in total. The van der Waals surface area contributed by atoms with Gasteiger partial charge in [0.1, 0.15) is 5.75 Å². The second kappa shape index (κ2) is 11.4. The standard InChI is InChI=1S/C21H21ClN4O4/c1-3-10-23-20(28)21(29)26-24-12-15-5-8-17(9-6-15)30-13-19(27)25-18-11-16(22)7-4-14(18)2/h3-9,11-12H,1,10,13H2,2H3,(H,23,28)(H,25,27)(H,26,29)/b24-12-. The first-order valence-corrected chi connectivity index (χ1v) is 9.28. The number of hydrazone groups is 1. The van der Waals surface area contributed by atoms with Crippen LogP contribution in [0.25, 0.3) is 0 Å². The number of amides is 3. The summed E-state index contributed by atoms with van der Waals surface area (Å²) >= 11 is 5.94. The number of nitrogens with one attached hydrogen (secondary N) is 3. The first-order chi connectivity index (χ1) is 14.4. The minimum Gasteiger partial charge on any atom is -0.484 e. The van der Waals surface area contributed by atoms with E-state index in [2.05, 4.69) is 27.7 Å². The topological polar surface area (TPSA) is 109 Å². The van der Waals surface area contributed by atoms with Gasteiger partial charge < -0.3 is 15.4 Å². The lowest BCUT2D eigenvalue weighted by atomic mass is 10.2. The van der Waals surface area contributed by atoms with Crippen LogP contribution in [-0.4, -0.2) is 37.1 Å². The van der Waals surface area contributed by atoms with E-state index in [1.54, 1.807) is 36.4 Å². The Balaban J connectivity index is 1.80. The van der Waals surface area contributed by atoms with Crippen LogP contribution in [-0.2, 0) is 14.4 Å². The molecule has 2 rings (SSSR count). The summed E-state index contributed by atoms with van der Waals surface area (Å²) in [7, 11) is 0. The number of hydrogen-bond donors (Lipinski definition) is 3. The average Bonchev–Trinajstić information content (AvgIpc) is 2.74. The lowest BCUT2D eigenvalue weighted by Crippen LogP contribution is -2.37. The molecule has 0 aliphatic rings. The van der Waals surface area contributed by atoms with E-state index in [-0.39, 0.29) is 19.1 Å². The van der Waals surface area contributed by atoms with Crippen molar-refractivity contribution in [2.75, 3.05) is 18.5 Å². The molecule has 9 heteroatoms. The maximum atomic E-state index is 12.1. The summed E-state index contributed by atoms with van der Waals surface area (Å²) in [6, 6.07) is 11.9. The van der Waals surface area contributed by atoms with Crippen LogP contribution in [0.15, 0.2) is 60.2 Å². The van der Waals surface area contributed by atoms with Crippen LogP contribution in [0, 0.1) is 6.92 Å². The number of carbonyl (C=O) groups is 3. The predicted octanol–water partition coefficient (Wildman–Crippen LogP) is 2.42. The van der Waals surface area contributed by atoms with E-state index in [0.29, 0.717) is 22.0 Å². The molecule has 0 fully saturated rings. The van der Waals surface area contributed by atoms with Gasteiger partial charge in [-0.15, -0.1) is 6.58 Å². The highest BCUT2D eigenvalue weighted by atomic mass is 35.5. The molecule has 30 heavy (non-hydrogen) atoms. The molecular weight excluding hydrogens is 408 g/mol. The van der Waals surface area contributed by atoms with Gasteiger partial charge in [0.05, 0.1) is 6.21 Å². The molecule has 0 aliphatic carbocycles. The van der Waals surface area contributed by atoms with Crippen LogP contribution in [0.4, 0.5) is 5.69 Å². The minimum absolute atomic E-state index is 0.171. The first kappa shape index (κ1) is 22.6. The molecule has 156 valence electrons. The number of hydrogen-bond acceptors (Lipinski definition) is 5. The molecule has 0 radical (unpaired) electrons. The van der Waals surface area contributed by atoms with Crippen molar-refractivity contribution in [2.45, 2.75) is 6.92 Å². The Bertz CT molecular complexity index is 958. The first-order valence-electron chi connectivity index (χ1n) is 8.90. The van der Waals surface area contributed by atoms with Gasteiger partial charge in [0.25, 0.3) is 5.91 Å². The summed E-state index contributed by atoms with van der Waals surface area (Å²) in [5, 5.41) is 9.32. The lowest BCUT2D eigenvalue weighted by molar-refractivity contribution is -0.139. The third-order valence-electron chi connectivity index (χ3n) is 3.72. The number of ether oxygens (including phenoxy) is 1. The molecular formula is C21H21ClN4O4. The van der Waals surface area contributed by atoms with Crippen LogP contribution in [0.1, 0.15) is 11.1 Å². The normalized spacial score (nSPS) is 10.3. The highest BCUT2D eigenvalue weighted by Crippen LogP contribution is 2.20. The molecule has 0 saturated heterocycles. The molecule has 0 unspecified atom stereocenters. The third kappa shape index (κ3) is 7.40. The summed E-state index contributed by atoms with van der Waals surface area (Å²) in [6.07, 6.45) is 2.83. The highest BCUT2D eigenvalue weighted by Gasteiger charge is 2.10. The van der Waals surface area contributed by atoms with Gasteiger partial charge in [-0.1, -0.05) is 23.7 Å². The van der Waals surface area contributed by atoms with Gasteiger partial charge in [-0.25, -0.2) is 5.43 Å². The van der Waals surface area contributed by atoms with Crippen molar-refractivity contribution in [3.05, 3.63) is 71.3 Å². The maximum Gasteiger partial charge on any atom is 0.329 e. The minimum atomic E-state index is -0.881. The van der Waals surface area contributed by atoms with E-state index in [4.69, 9.17) is 16.3 Å². The van der Waals surface area contributed by atoms with Crippen LogP contribution in [0.2, 0.25) is 5.02 Å². The number of carbonyl (C=O) groups excluding carboxylic acids is 3. The SMILES string of the molecule is C=CCNC(=O)C(=O)N/N=C\c1ccc(OCC(=O)Nc2cc(Cl)ccc2C)cc1. The molecule has 3 amide bonds. The van der Waals surface area contributed by atoms with Gasteiger partial charge in [-0.2, -0.15) is 5.10 Å². The van der Waals surface area contributed by atoms with Crippen molar-refractivity contribution in [2.24, 2.45) is 5.10 Å². The number of halogens is 1. The zero-order chi connectivity index (χ0) is 21.9. The molecule has 0 bridgehead atoms. The summed E-state index contributed by atoms with van der Waals surface area (Å²) in [5.41, 5.74) is 4.30. The predicted molar refractivity (Wildman–Crippen MR) is 116 cm³/mol. The van der Waals surface area contributed by atoms with Crippen LogP contribution < -0.4 is 20.8 Å². The van der Waals surface area contributed by atoms with Gasteiger partial charge in [-0.05, 0) is 54.4 Å². The number of benzene rings is 2. The van der Waals surface area contributed by atoms with Crippen LogP contribution in [0.3, 0.4) is 0 Å². The van der Waals surface area contributed by atoms with E-state index >= 15 is 0 Å². The Morgan fingerprint density at radius 2 is 1.87 bits per heavy atom. The van der Waals surface area contributed by atoms with E-state index in [1.807, 2.05) is 13.0 Å². The second-order valence-corrected chi connectivity index (χ2v) is 6.50. The molecule has 3 N–H and O–H groups in total. The van der Waals surface area contributed by atoms with Crippen LogP contribution in [0.5, 0.6) is 5.75 Å². The van der Waals surface area contributed by atoms with Crippen LogP contribution >= 0.6 is 11.6 Å². The Hall–Kier alpha value is -3.65. The molecule has 0 saturated carbocycles. The Labute approximate surface area is 178 Å². The van der Waals surface area contributed by atoms with E-state index in [0.717, 1.165) is 5.56 Å². The third-order valence-corrected chi connectivity index (χ3v) is 3.95. The van der Waals surface area contributed by atoms with Gasteiger partial charge in [0.2, 0.25) is 0 Å². The van der Waals surface area contributed by atoms with E-state index < -0.39 is 11.8 Å². The fourth-order valence-electron chi connectivity index (χ4n) is 2.18. The lowest BCUT2D eigenvalue weighted by Gasteiger charge is -2.10. The molecule has 2 aromatic carbocycles. The van der Waals surface area contributed by atoms with Gasteiger partial charge in [-0.3, -0.25) is 14.4 Å². The van der Waals surface area contributed by atoms with Crippen molar-refractivity contribution >= 4 is 41.2 Å². The van der Waals surface area contributed by atoms with E-state index in [1.165, 1.54) is 12.3 Å². The average molecular weight is 429 g/mol. The highest BCUT2D eigenvalue weighted by molar-refractivity contribution is 6.35. The fraction of sp³-hybridized carbons (Fsp3) is 0.143. The zero-order valence-electron chi connectivity index (χ0n) is 16.3. The van der Waals surface area contributed by atoms with Crippen molar-refractivity contribution in [1.82, 2.24) is 10.7 Å². The summed E-state index contributed by atoms with van der Waals surface area (Å²) < 4.78 is 5.46. The number of anilines is 1. The smallest absolute Gasteiger partial charge is 0.329 e. The van der Waals surface area contributed by atoms with Crippen molar-refractivity contribution in [3.63, 3.8) is 0 Å². The van der Waals surface area contributed by atoms with Crippen molar-refractivity contribution in [1.29, 1.82) is 0 Å². The van der Waals surface area contributed by atoms with Gasteiger partial charge >= 0.3 is 11.8 Å². The molecule has 0 atom stereocenters. The quantitative estimate of drug-likeness (QED) is 0.259. The summed E-state index contributed by atoms with van der Waals surface area (Å²) in [6.45, 7) is 5.32. The zero-order valence-corrected chi connectivity index (χ0v) is 17.0. The van der Waals surface area contributed by atoms with E-state index in [9.17, 15) is 14.4 Å². The monoisotopic (exact) mass is 428 g/mol. The number of aryl methyl sites for hydroxylation is 1. The fourth-order valence-corrected chi connectivity index (χ4v) is 2.35. The molecule has 0 aliphatic heterocycles. The van der Waals surface area contributed by atoms with Crippen molar-refractivity contribution in [3.8, 4) is 5.75 Å². The summed E-state index contributed by atoms with van der Waals surface area (Å²) in [4.78, 5) is 34.9. The second-order valence-electron chi connectivity index (χ2n) is 6.06. The number of nitrogens with zero attached hydrogens (tertiary/aromatic N) is 1. The van der Waals surface area contributed by atoms with Gasteiger partial charge in [0.15, 0.2) is 6.61 Å². The summed E-state index contributed by atoms with van der Waals surface area (Å²) in [5.74, 6) is -1.52. The molecule has 0 heterocycles. The maximum absolute atomic E-state index is 12.1. The Morgan fingerprint density at radius 3 is 2.57 bits per heavy atom. The van der Waals surface area contributed by atoms with Gasteiger partial charge in [0, 0.05) is 17.3 Å². The molecule has 2 aromatic rings. The number of rotatable bonds is 8. The largest absolute Gasteiger partial charge is 0.484 e.